The van der Waals surface area contributed by atoms with E-state index in [1.807, 2.05) is 0 Å². The summed E-state index contributed by atoms with van der Waals surface area (Å²) >= 11 is 11.2. The van der Waals surface area contributed by atoms with Crippen molar-refractivity contribution in [2.75, 3.05) is 0 Å². The molecule has 0 heterocycles. The van der Waals surface area contributed by atoms with E-state index in [1.165, 1.54) is 13.8 Å². The van der Waals surface area contributed by atoms with Crippen LogP contribution in [0.2, 0.25) is 10.0 Å². The highest BCUT2D eigenvalue weighted by molar-refractivity contribution is 6.31. The monoisotopic (exact) mass is 458 g/mol. The minimum Gasteiger partial charge on any atom is -0.205 e. The summed E-state index contributed by atoms with van der Waals surface area (Å²) in [5.74, 6) is -2.08. The van der Waals surface area contributed by atoms with Crippen molar-refractivity contribution in [3.05, 3.63) is 103 Å². The summed E-state index contributed by atoms with van der Waals surface area (Å²) in [6.45, 7) is 10.0. The van der Waals surface area contributed by atoms with Crippen molar-refractivity contribution >= 4 is 23.2 Å². The average Bonchev–Trinajstić information content (AvgIpc) is 2.73. The van der Waals surface area contributed by atoms with Gasteiger partial charge >= 0.3 is 0 Å². The fourth-order valence-electron chi connectivity index (χ4n) is 2.23. The van der Waals surface area contributed by atoms with Crippen LogP contribution in [-0.2, 0) is 0 Å². The molecule has 0 saturated heterocycles. The second kappa shape index (κ2) is 11.4. The zero-order chi connectivity index (χ0) is 23.2. The van der Waals surface area contributed by atoms with Gasteiger partial charge in [-0.15, -0.1) is 0 Å². The predicted octanol–water partition coefficient (Wildman–Crippen LogP) is 8.77. The molecular formula is C24H24Cl2F4. The first-order valence-electron chi connectivity index (χ1n) is 9.12. The number of halogens is 6. The zero-order valence-corrected chi connectivity index (χ0v) is 19.2. The van der Waals surface area contributed by atoms with Gasteiger partial charge in [-0.3, -0.25) is 0 Å². The van der Waals surface area contributed by atoms with Crippen LogP contribution >= 0.6 is 23.2 Å². The first-order valence-corrected chi connectivity index (χ1v) is 9.87. The van der Waals surface area contributed by atoms with Gasteiger partial charge in [-0.25, -0.2) is 17.6 Å². The van der Waals surface area contributed by atoms with Crippen LogP contribution in [0.3, 0.4) is 0 Å². The van der Waals surface area contributed by atoms with Crippen LogP contribution in [0.25, 0.3) is 0 Å². The van der Waals surface area contributed by atoms with Gasteiger partial charge in [-0.2, -0.15) is 0 Å². The summed E-state index contributed by atoms with van der Waals surface area (Å²) in [5.41, 5.74) is 3.45. The fraction of sp³-hybridized carbons (Fsp3) is 0.250. The first-order chi connectivity index (χ1) is 13.9. The van der Waals surface area contributed by atoms with Gasteiger partial charge in [0.2, 0.25) is 0 Å². The standard InChI is InChI=1S/2C8H8ClF.C8H8F2/c3*1-5-3-4-6(2)8(10)7(5)9/h3*3-4H,1-2H3. The Hall–Kier alpha value is -2.04. The number of benzene rings is 3. The van der Waals surface area contributed by atoms with E-state index in [2.05, 4.69) is 0 Å². The van der Waals surface area contributed by atoms with Gasteiger partial charge in [0, 0.05) is 0 Å². The van der Waals surface area contributed by atoms with Crippen molar-refractivity contribution in [1.82, 2.24) is 0 Å². The molecule has 3 rings (SSSR count). The molecule has 3 aromatic rings. The zero-order valence-electron chi connectivity index (χ0n) is 17.7. The van der Waals surface area contributed by atoms with Crippen LogP contribution in [0.4, 0.5) is 17.6 Å². The Bertz CT molecular complexity index is 817. The quantitative estimate of drug-likeness (QED) is 0.295. The topological polar surface area (TPSA) is 0 Å². The maximum absolute atomic E-state index is 12.9. The third-order valence-corrected chi connectivity index (χ3v) is 5.33. The minimum atomic E-state index is -0.736. The van der Waals surface area contributed by atoms with E-state index in [9.17, 15) is 17.6 Å². The van der Waals surface area contributed by atoms with Crippen LogP contribution in [-0.4, -0.2) is 0 Å². The molecule has 3 aromatic carbocycles. The lowest BCUT2D eigenvalue weighted by Gasteiger charge is -2.00. The summed E-state index contributed by atoms with van der Waals surface area (Å²) in [7, 11) is 0. The lowest BCUT2D eigenvalue weighted by molar-refractivity contribution is 0.497. The third kappa shape index (κ3) is 6.75. The van der Waals surface area contributed by atoms with Crippen LogP contribution in [0.5, 0.6) is 0 Å². The van der Waals surface area contributed by atoms with E-state index in [0.717, 1.165) is 11.1 Å². The molecule has 0 aliphatic rings. The molecule has 162 valence electrons. The first kappa shape index (κ1) is 26.0. The molecule has 0 saturated carbocycles. The van der Waals surface area contributed by atoms with Gasteiger partial charge in [0.25, 0.3) is 0 Å². The molecule has 0 nitrogen and oxygen atoms in total. The molecule has 0 atom stereocenters. The summed E-state index contributed by atoms with van der Waals surface area (Å²) in [5, 5.41) is 0.472. The second-order valence-corrected chi connectivity index (χ2v) is 7.74. The van der Waals surface area contributed by atoms with Gasteiger partial charge in [-0.05, 0) is 74.9 Å². The molecule has 0 bridgehead atoms. The molecule has 0 radical (unpaired) electrons. The second-order valence-electron chi connectivity index (χ2n) is 6.98. The number of rotatable bonds is 0. The average molecular weight is 459 g/mol. The molecule has 0 fully saturated rings. The van der Waals surface area contributed by atoms with Crippen LogP contribution in [0.1, 0.15) is 33.4 Å². The Balaban J connectivity index is 0.000000225. The molecule has 0 spiro atoms. The van der Waals surface area contributed by atoms with E-state index in [-0.39, 0.29) is 21.7 Å². The van der Waals surface area contributed by atoms with Crippen molar-refractivity contribution in [2.24, 2.45) is 0 Å². The van der Waals surface area contributed by atoms with Gasteiger partial charge in [0.05, 0.1) is 10.0 Å². The molecule has 30 heavy (non-hydrogen) atoms. The van der Waals surface area contributed by atoms with Crippen LogP contribution in [0.15, 0.2) is 36.4 Å². The number of hydrogen-bond acceptors (Lipinski definition) is 0. The Morgan fingerprint density at radius 1 is 0.400 bits per heavy atom. The molecule has 0 aromatic heterocycles. The summed E-state index contributed by atoms with van der Waals surface area (Å²) in [6, 6.07) is 10.2. The third-order valence-electron chi connectivity index (χ3n) is 4.41. The highest BCUT2D eigenvalue weighted by atomic mass is 35.5. The summed E-state index contributed by atoms with van der Waals surface area (Å²) in [6.07, 6.45) is 0. The molecule has 0 aliphatic carbocycles. The Labute approximate surface area is 185 Å². The van der Waals surface area contributed by atoms with E-state index >= 15 is 0 Å². The lowest BCUT2D eigenvalue weighted by atomic mass is 10.1. The summed E-state index contributed by atoms with van der Waals surface area (Å²) < 4.78 is 51.0. The largest absolute Gasteiger partial charge is 0.205 e. The van der Waals surface area contributed by atoms with E-state index in [0.29, 0.717) is 22.3 Å². The van der Waals surface area contributed by atoms with Gasteiger partial charge in [0.15, 0.2) is 11.6 Å². The molecule has 0 unspecified atom stereocenters. The molecule has 0 aliphatic heterocycles. The molecular weight excluding hydrogens is 435 g/mol. The summed E-state index contributed by atoms with van der Waals surface area (Å²) in [4.78, 5) is 0. The smallest absolute Gasteiger partial charge is 0.161 e. The maximum Gasteiger partial charge on any atom is 0.161 e. The molecule has 0 amide bonds. The normalized spacial score (nSPS) is 10.0. The van der Waals surface area contributed by atoms with Crippen LogP contribution in [0, 0.1) is 64.8 Å². The van der Waals surface area contributed by atoms with E-state index in [1.54, 1.807) is 64.1 Å². The predicted molar refractivity (Wildman–Crippen MR) is 118 cm³/mol. The number of hydrogen-bond donors (Lipinski definition) is 0. The van der Waals surface area contributed by atoms with E-state index < -0.39 is 11.6 Å². The Morgan fingerprint density at radius 3 is 0.833 bits per heavy atom. The van der Waals surface area contributed by atoms with Crippen molar-refractivity contribution in [2.45, 2.75) is 41.5 Å². The van der Waals surface area contributed by atoms with Crippen molar-refractivity contribution in [3.63, 3.8) is 0 Å². The minimum absolute atomic E-state index is 0.236. The van der Waals surface area contributed by atoms with Crippen molar-refractivity contribution < 1.29 is 17.6 Å². The highest BCUT2D eigenvalue weighted by Crippen LogP contribution is 2.22. The highest BCUT2D eigenvalue weighted by Gasteiger charge is 2.06. The Kier molecular flexibility index (Phi) is 9.86. The van der Waals surface area contributed by atoms with Crippen LogP contribution < -0.4 is 0 Å². The van der Waals surface area contributed by atoms with Gasteiger partial charge in [0.1, 0.15) is 11.6 Å². The maximum atomic E-state index is 12.9. The SMILES string of the molecule is Cc1ccc(C)c(Cl)c1F.Cc1ccc(C)c(Cl)c1F.Cc1ccc(C)c(F)c1F. The fourth-order valence-corrected chi connectivity index (χ4v) is 2.65. The van der Waals surface area contributed by atoms with Crippen molar-refractivity contribution in [1.29, 1.82) is 0 Å². The van der Waals surface area contributed by atoms with Gasteiger partial charge in [-0.1, -0.05) is 59.6 Å². The lowest BCUT2D eigenvalue weighted by Crippen LogP contribution is -1.91. The molecule has 6 heteroatoms. The number of aryl methyl sites for hydroxylation is 6. The Morgan fingerprint density at radius 2 is 0.600 bits per heavy atom. The van der Waals surface area contributed by atoms with Gasteiger partial charge < -0.3 is 0 Å². The van der Waals surface area contributed by atoms with Crippen molar-refractivity contribution in [3.8, 4) is 0 Å². The molecule has 0 N–H and O–H groups in total. The van der Waals surface area contributed by atoms with E-state index in [4.69, 9.17) is 23.2 Å².